The van der Waals surface area contributed by atoms with E-state index in [1.807, 2.05) is 6.92 Å². The van der Waals surface area contributed by atoms with Gasteiger partial charge in [0.1, 0.15) is 19.3 Å². The summed E-state index contributed by atoms with van der Waals surface area (Å²) in [4.78, 5) is 34.6. The first-order valence-corrected chi connectivity index (χ1v) is 9.46. The van der Waals surface area contributed by atoms with Crippen LogP contribution in [0, 0.1) is 11.3 Å². The molecule has 146 valence electrons. The molecule has 8 heteroatoms. The zero-order valence-electron chi connectivity index (χ0n) is 15.7. The van der Waals surface area contributed by atoms with Gasteiger partial charge in [-0.1, -0.05) is 13.8 Å². The molecule has 0 radical (unpaired) electrons. The summed E-state index contributed by atoms with van der Waals surface area (Å²) >= 11 is 1.45. The van der Waals surface area contributed by atoms with E-state index < -0.39 is 17.5 Å². The Labute approximate surface area is 153 Å². The first-order valence-electron chi connectivity index (χ1n) is 8.30. The largest absolute Gasteiger partial charge is 0.469 e. The van der Waals surface area contributed by atoms with E-state index in [2.05, 4.69) is 0 Å². The summed E-state index contributed by atoms with van der Waals surface area (Å²) in [5.41, 5.74) is -0.612. The molecule has 0 spiro atoms. The molecule has 7 nitrogen and oxygen atoms in total. The van der Waals surface area contributed by atoms with Crippen molar-refractivity contribution in [3.05, 3.63) is 0 Å². The molecule has 0 aromatic heterocycles. The molecule has 0 heterocycles. The van der Waals surface area contributed by atoms with Gasteiger partial charge in [-0.25, -0.2) is 0 Å². The molecule has 0 saturated carbocycles. The summed E-state index contributed by atoms with van der Waals surface area (Å²) in [5, 5.41) is 9.66. The van der Waals surface area contributed by atoms with Crippen LogP contribution in [0.4, 0.5) is 0 Å². The zero-order chi connectivity index (χ0) is 19.5. The van der Waals surface area contributed by atoms with Crippen molar-refractivity contribution < 1.29 is 33.7 Å². The number of esters is 3. The molecule has 0 aromatic carbocycles. The quantitative estimate of drug-likeness (QED) is 0.312. The lowest BCUT2D eigenvalue weighted by Gasteiger charge is -2.20. The highest BCUT2D eigenvalue weighted by atomic mass is 32.2. The summed E-state index contributed by atoms with van der Waals surface area (Å²) < 4.78 is 14.6. The second kappa shape index (κ2) is 12.1. The second-order valence-corrected chi connectivity index (χ2v) is 7.56. The van der Waals surface area contributed by atoms with E-state index in [0.717, 1.165) is 0 Å². The Morgan fingerprint density at radius 3 is 2.32 bits per heavy atom. The van der Waals surface area contributed by atoms with Crippen molar-refractivity contribution >= 4 is 29.7 Å². The van der Waals surface area contributed by atoms with Gasteiger partial charge in [0.05, 0.1) is 24.9 Å². The van der Waals surface area contributed by atoms with Crippen molar-refractivity contribution in [1.29, 1.82) is 0 Å². The Morgan fingerprint density at radius 1 is 1.16 bits per heavy atom. The predicted molar refractivity (Wildman–Crippen MR) is 95.1 cm³/mol. The third-order valence-electron chi connectivity index (χ3n) is 3.52. The van der Waals surface area contributed by atoms with Gasteiger partial charge in [0.2, 0.25) is 0 Å². The number of methoxy groups -OCH3 is 1. The lowest BCUT2D eigenvalue weighted by atomic mass is 9.97. The summed E-state index contributed by atoms with van der Waals surface area (Å²) in [6.07, 6.45) is -0.210. The van der Waals surface area contributed by atoms with Gasteiger partial charge in [0.25, 0.3) is 0 Å². The minimum Gasteiger partial charge on any atom is -0.469 e. The average molecular weight is 378 g/mol. The van der Waals surface area contributed by atoms with E-state index in [0.29, 0.717) is 17.9 Å². The van der Waals surface area contributed by atoms with Gasteiger partial charge in [0, 0.05) is 11.5 Å². The van der Waals surface area contributed by atoms with Gasteiger partial charge in [-0.05, 0) is 20.3 Å². The van der Waals surface area contributed by atoms with Crippen molar-refractivity contribution in [3.63, 3.8) is 0 Å². The number of thioether (sulfide) groups is 1. The number of rotatable bonds is 12. The number of carbonyl (C=O) groups is 3. The highest BCUT2D eigenvalue weighted by molar-refractivity contribution is 7.99. The summed E-state index contributed by atoms with van der Waals surface area (Å²) in [5.74, 6) is -0.314. The maximum absolute atomic E-state index is 11.6. The molecule has 0 amide bonds. The zero-order valence-corrected chi connectivity index (χ0v) is 16.5. The normalized spacial score (nSPS) is 13.7. The minimum absolute atomic E-state index is 0.168. The number of hydrogen-bond donors (Lipinski definition) is 1. The maximum atomic E-state index is 11.6. The van der Waals surface area contributed by atoms with Gasteiger partial charge < -0.3 is 19.3 Å². The molecule has 0 aliphatic heterocycles. The molecule has 0 aliphatic carbocycles. The second-order valence-electron chi connectivity index (χ2n) is 6.45. The lowest BCUT2D eigenvalue weighted by Crippen LogP contribution is -2.28. The number of aliphatic hydroxyl groups excluding tert-OH is 1. The van der Waals surface area contributed by atoms with Crippen LogP contribution in [0.3, 0.4) is 0 Å². The molecule has 0 rings (SSSR count). The lowest BCUT2D eigenvalue weighted by molar-refractivity contribution is -0.155. The summed E-state index contributed by atoms with van der Waals surface area (Å²) in [6, 6.07) is 0. The van der Waals surface area contributed by atoms with Gasteiger partial charge in [-0.3, -0.25) is 14.4 Å². The Hall–Kier alpha value is -1.28. The fourth-order valence-electron chi connectivity index (χ4n) is 1.61. The Bertz CT molecular complexity index is 437. The van der Waals surface area contributed by atoms with Crippen LogP contribution in [0.1, 0.15) is 40.5 Å². The number of ether oxygens (including phenoxy) is 3. The predicted octanol–water partition coefficient (Wildman–Crippen LogP) is 1.80. The monoisotopic (exact) mass is 378 g/mol. The van der Waals surface area contributed by atoms with Crippen LogP contribution in [-0.4, -0.2) is 60.9 Å². The van der Waals surface area contributed by atoms with E-state index in [-0.39, 0.29) is 37.5 Å². The fourth-order valence-corrected chi connectivity index (χ4v) is 2.70. The third-order valence-corrected chi connectivity index (χ3v) is 4.94. The molecule has 0 aromatic rings. The number of carbonyl (C=O) groups excluding carboxylic acids is 3. The molecular formula is C17H30O7S. The molecular weight excluding hydrogens is 348 g/mol. The number of hydrogen-bond acceptors (Lipinski definition) is 8. The van der Waals surface area contributed by atoms with E-state index in [4.69, 9.17) is 14.2 Å². The minimum atomic E-state index is -1.04. The summed E-state index contributed by atoms with van der Waals surface area (Å²) in [7, 11) is 1.34. The topological polar surface area (TPSA) is 99.1 Å². The molecule has 0 saturated heterocycles. The van der Waals surface area contributed by atoms with Crippen molar-refractivity contribution in [2.45, 2.75) is 46.6 Å². The van der Waals surface area contributed by atoms with Gasteiger partial charge in [-0.15, -0.1) is 0 Å². The maximum Gasteiger partial charge on any atom is 0.312 e. The van der Waals surface area contributed by atoms with Gasteiger partial charge in [-0.2, -0.15) is 11.8 Å². The smallest absolute Gasteiger partial charge is 0.312 e. The molecule has 25 heavy (non-hydrogen) atoms. The molecule has 0 bridgehead atoms. The van der Waals surface area contributed by atoms with Crippen LogP contribution in [0.2, 0.25) is 0 Å². The molecule has 1 N–H and O–H groups in total. The van der Waals surface area contributed by atoms with Crippen molar-refractivity contribution in [2.24, 2.45) is 11.3 Å². The highest BCUT2D eigenvalue weighted by Crippen LogP contribution is 2.23. The SMILES string of the molecule is CCC(C)C(=O)OCC(O)COC(=O)CCSCC(C)(C)C(=O)OC. The van der Waals surface area contributed by atoms with Crippen molar-refractivity contribution in [3.8, 4) is 0 Å². The van der Waals surface area contributed by atoms with Crippen LogP contribution < -0.4 is 0 Å². The highest BCUT2D eigenvalue weighted by Gasteiger charge is 2.28. The van der Waals surface area contributed by atoms with Gasteiger partial charge >= 0.3 is 17.9 Å². The van der Waals surface area contributed by atoms with Crippen LogP contribution in [0.25, 0.3) is 0 Å². The molecule has 0 aliphatic rings. The molecule has 0 fully saturated rings. The molecule has 2 unspecified atom stereocenters. The van der Waals surface area contributed by atoms with Gasteiger partial charge in [0.15, 0.2) is 0 Å². The first kappa shape index (κ1) is 23.7. The van der Waals surface area contributed by atoms with Crippen LogP contribution in [0.5, 0.6) is 0 Å². The Morgan fingerprint density at radius 2 is 1.76 bits per heavy atom. The first-order chi connectivity index (χ1) is 11.6. The van der Waals surface area contributed by atoms with E-state index in [1.165, 1.54) is 18.9 Å². The van der Waals surface area contributed by atoms with E-state index in [9.17, 15) is 19.5 Å². The third kappa shape index (κ3) is 10.3. The summed E-state index contributed by atoms with van der Waals surface area (Å²) in [6.45, 7) is 6.76. The van der Waals surface area contributed by atoms with E-state index in [1.54, 1.807) is 20.8 Å². The van der Waals surface area contributed by atoms with Crippen molar-refractivity contribution in [2.75, 3.05) is 31.8 Å². The van der Waals surface area contributed by atoms with Crippen molar-refractivity contribution in [1.82, 2.24) is 0 Å². The number of aliphatic hydroxyl groups is 1. The Balaban J connectivity index is 3.86. The average Bonchev–Trinajstić information content (AvgIpc) is 2.59. The fraction of sp³-hybridized carbons (Fsp3) is 0.824. The van der Waals surface area contributed by atoms with Crippen LogP contribution >= 0.6 is 11.8 Å². The standard InChI is InChI=1S/C17H30O7S/c1-6-12(2)15(20)24-10-13(18)9-23-14(19)7-8-25-11-17(3,4)16(21)22-5/h12-13,18H,6-11H2,1-5H3. The van der Waals surface area contributed by atoms with Crippen LogP contribution in [-0.2, 0) is 28.6 Å². The Kier molecular flexibility index (Phi) is 11.5. The molecule has 2 atom stereocenters. The van der Waals surface area contributed by atoms with Crippen LogP contribution in [0.15, 0.2) is 0 Å². The van der Waals surface area contributed by atoms with E-state index >= 15 is 0 Å².